The van der Waals surface area contributed by atoms with Gasteiger partial charge in [-0.3, -0.25) is 5.01 Å². The fourth-order valence-corrected chi connectivity index (χ4v) is 0.764. The largest absolute Gasteiger partial charge is 0.382 e. The molecular weight excluding hydrogens is 140 g/mol. The second kappa shape index (κ2) is 3.01. The van der Waals surface area contributed by atoms with Crippen LogP contribution < -0.4 is 5.73 Å². The van der Waals surface area contributed by atoms with Crippen molar-refractivity contribution in [3.05, 3.63) is 24.4 Å². The number of amidine groups is 1. The first-order valence-electron chi connectivity index (χ1n) is 3.18. The molecule has 0 saturated heterocycles. The van der Waals surface area contributed by atoms with Gasteiger partial charge in [0.1, 0.15) is 12.0 Å². The van der Waals surface area contributed by atoms with Crippen LogP contribution in [0.25, 0.3) is 0 Å². The monoisotopic (exact) mass is 150 g/mol. The predicted molar refractivity (Wildman–Crippen MR) is 46.2 cm³/mol. The van der Waals surface area contributed by atoms with E-state index in [2.05, 4.69) is 16.7 Å². The van der Waals surface area contributed by atoms with Gasteiger partial charge >= 0.3 is 0 Å². The molecule has 4 heteroatoms. The van der Waals surface area contributed by atoms with E-state index < -0.39 is 0 Å². The summed E-state index contributed by atoms with van der Waals surface area (Å²) in [5.41, 5.74) is 6.32. The molecule has 58 valence electrons. The molecule has 0 amide bonds. The first-order valence-corrected chi connectivity index (χ1v) is 3.18. The highest BCUT2D eigenvalue weighted by Crippen LogP contribution is 2.05. The molecule has 0 unspecified atom stereocenters. The molecule has 0 radical (unpaired) electrons. The molecule has 1 heterocycles. The Bertz CT molecular complexity index is 249. The number of nitrogens with two attached hydrogens (primary N) is 1. The number of rotatable bonds is 1. The zero-order valence-corrected chi connectivity index (χ0v) is 6.36. The molecule has 0 atom stereocenters. The van der Waals surface area contributed by atoms with Gasteiger partial charge in [-0.1, -0.05) is 12.7 Å². The van der Waals surface area contributed by atoms with Crippen molar-refractivity contribution in [2.24, 2.45) is 15.8 Å². The standard InChI is InChI=1S/C7H10N4/c1-3-4-6-7(8)9-5-10-11(6)2/h3-5H,1H2,2H3,(H2,8,9,10)/b6-4-. The third kappa shape index (κ3) is 1.46. The van der Waals surface area contributed by atoms with Crippen molar-refractivity contribution in [2.75, 3.05) is 7.05 Å². The number of hydrazone groups is 1. The summed E-state index contributed by atoms with van der Waals surface area (Å²) < 4.78 is 0. The fourth-order valence-electron chi connectivity index (χ4n) is 0.764. The molecule has 0 aromatic rings. The second-order valence-electron chi connectivity index (χ2n) is 2.06. The summed E-state index contributed by atoms with van der Waals surface area (Å²) in [5.74, 6) is 0.461. The van der Waals surface area contributed by atoms with Crippen molar-refractivity contribution >= 4 is 12.2 Å². The Morgan fingerprint density at radius 2 is 2.45 bits per heavy atom. The van der Waals surface area contributed by atoms with Gasteiger partial charge in [-0.25, -0.2) is 4.99 Å². The fraction of sp³-hybridized carbons (Fsp3) is 0.143. The summed E-state index contributed by atoms with van der Waals surface area (Å²) in [6.07, 6.45) is 4.82. The molecule has 0 spiro atoms. The Morgan fingerprint density at radius 3 is 3.00 bits per heavy atom. The molecule has 2 N–H and O–H groups in total. The van der Waals surface area contributed by atoms with Crippen LogP contribution in [0.1, 0.15) is 0 Å². The van der Waals surface area contributed by atoms with E-state index in [-0.39, 0.29) is 0 Å². The number of hydrogen-bond donors (Lipinski definition) is 1. The molecule has 0 aromatic carbocycles. The summed E-state index contributed by atoms with van der Waals surface area (Å²) >= 11 is 0. The Morgan fingerprint density at radius 1 is 1.73 bits per heavy atom. The van der Waals surface area contributed by atoms with Gasteiger partial charge in [-0.05, 0) is 6.08 Å². The van der Waals surface area contributed by atoms with Crippen LogP contribution in [0.5, 0.6) is 0 Å². The maximum absolute atomic E-state index is 5.56. The smallest absolute Gasteiger partial charge is 0.150 e. The van der Waals surface area contributed by atoms with Crippen LogP contribution in [-0.4, -0.2) is 24.2 Å². The minimum absolute atomic E-state index is 0.461. The molecular formula is C7H10N4. The zero-order valence-electron chi connectivity index (χ0n) is 6.36. The van der Waals surface area contributed by atoms with Crippen molar-refractivity contribution in [1.29, 1.82) is 0 Å². The molecule has 0 bridgehead atoms. The Kier molecular flexibility index (Phi) is 2.06. The predicted octanol–water partition coefficient (Wildman–Crippen LogP) is 0.302. The lowest BCUT2D eigenvalue weighted by atomic mass is 10.3. The highest BCUT2D eigenvalue weighted by molar-refractivity contribution is 6.01. The number of likely N-dealkylation sites (N-methyl/N-ethyl adjacent to an activating group) is 1. The maximum atomic E-state index is 5.56. The molecule has 1 aliphatic heterocycles. The molecule has 1 aliphatic rings. The Labute approximate surface area is 65.4 Å². The van der Waals surface area contributed by atoms with Gasteiger partial charge < -0.3 is 5.73 Å². The molecule has 1 rings (SSSR count). The zero-order chi connectivity index (χ0) is 8.27. The van der Waals surface area contributed by atoms with Crippen molar-refractivity contribution < 1.29 is 0 Å². The van der Waals surface area contributed by atoms with E-state index in [1.807, 2.05) is 0 Å². The first kappa shape index (κ1) is 7.53. The van der Waals surface area contributed by atoms with E-state index in [0.29, 0.717) is 5.84 Å². The van der Waals surface area contributed by atoms with Crippen LogP contribution in [0.15, 0.2) is 34.5 Å². The number of allylic oxidation sites excluding steroid dienone is 2. The van der Waals surface area contributed by atoms with E-state index in [4.69, 9.17) is 5.73 Å². The van der Waals surface area contributed by atoms with Gasteiger partial charge in [-0.15, -0.1) is 0 Å². The summed E-state index contributed by atoms with van der Waals surface area (Å²) in [5, 5.41) is 5.55. The van der Waals surface area contributed by atoms with Crippen molar-refractivity contribution in [2.45, 2.75) is 0 Å². The second-order valence-corrected chi connectivity index (χ2v) is 2.06. The minimum atomic E-state index is 0.461. The van der Waals surface area contributed by atoms with Crippen LogP contribution in [0.4, 0.5) is 0 Å². The SMILES string of the molecule is C=C/C=C1/C(N)=NC=NN1C. The molecule has 0 saturated carbocycles. The molecule has 4 nitrogen and oxygen atoms in total. The lowest BCUT2D eigenvalue weighted by molar-refractivity contribution is 0.466. The van der Waals surface area contributed by atoms with Crippen LogP contribution in [0.3, 0.4) is 0 Å². The highest BCUT2D eigenvalue weighted by atomic mass is 15.5. The number of hydrogen-bond acceptors (Lipinski definition) is 4. The van der Waals surface area contributed by atoms with Gasteiger partial charge in [0.05, 0.1) is 0 Å². The summed E-state index contributed by atoms with van der Waals surface area (Å²) in [6.45, 7) is 3.56. The van der Waals surface area contributed by atoms with Crippen molar-refractivity contribution in [3.63, 3.8) is 0 Å². The van der Waals surface area contributed by atoms with Gasteiger partial charge in [-0.2, -0.15) is 5.10 Å². The van der Waals surface area contributed by atoms with Crippen LogP contribution in [0.2, 0.25) is 0 Å². The quantitative estimate of drug-likeness (QED) is 0.584. The first-order chi connectivity index (χ1) is 5.25. The Hall–Kier alpha value is -1.58. The lowest BCUT2D eigenvalue weighted by Gasteiger charge is -2.18. The van der Waals surface area contributed by atoms with Crippen LogP contribution in [0, 0.1) is 0 Å². The van der Waals surface area contributed by atoms with Gasteiger partial charge in [0, 0.05) is 7.05 Å². The lowest BCUT2D eigenvalue weighted by Crippen LogP contribution is -2.28. The number of aliphatic imine (C=N–C) groups is 1. The number of nitrogens with zero attached hydrogens (tertiary/aromatic N) is 3. The topological polar surface area (TPSA) is 54.0 Å². The van der Waals surface area contributed by atoms with Gasteiger partial charge in [0.25, 0.3) is 0 Å². The summed E-state index contributed by atoms with van der Waals surface area (Å²) in [7, 11) is 1.80. The van der Waals surface area contributed by atoms with E-state index in [0.717, 1.165) is 5.70 Å². The Balaban J connectivity index is 2.95. The minimum Gasteiger partial charge on any atom is -0.382 e. The molecule has 0 aromatic heterocycles. The summed E-state index contributed by atoms with van der Waals surface area (Å²) in [6, 6.07) is 0. The van der Waals surface area contributed by atoms with Gasteiger partial charge in [0.2, 0.25) is 0 Å². The van der Waals surface area contributed by atoms with Gasteiger partial charge in [0.15, 0.2) is 5.84 Å². The van der Waals surface area contributed by atoms with E-state index in [1.54, 1.807) is 24.2 Å². The van der Waals surface area contributed by atoms with E-state index in [9.17, 15) is 0 Å². The third-order valence-electron chi connectivity index (χ3n) is 1.31. The molecule has 0 fully saturated rings. The average Bonchev–Trinajstić information content (AvgIpc) is 1.97. The van der Waals surface area contributed by atoms with Crippen molar-refractivity contribution in [3.8, 4) is 0 Å². The van der Waals surface area contributed by atoms with Crippen LogP contribution in [-0.2, 0) is 0 Å². The molecule has 11 heavy (non-hydrogen) atoms. The van der Waals surface area contributed by atoms with Crippen LogP contribution >= 0.6 is 0 Å². The van der Waals surface area contributed by atoms with Crippen molar-refractivity contribution in [1.82, 2.24) is 5.01 Å². The molecule has 0 aliphatic carbocycles. The van der Waals surface area contributed by atoms with E-state index in [1.165, 1.54) is 6.34 Å². The highest BCUT2D eigenvalue weighted by Gasteiger charge is 2.08. The average molecular weight is 150 g/mol. The maximum Gasteiger partial charge on any atom is 0.150 e. The summed E-state index contributed by atoms with van der Waals surface area (Å²) in [4.78, 5) is 3.83. The normalized spacial score (nSPS) is 20.3. The third-order valence-corrected chi connectivity index (χ3v) is 1.31. The van der Waals surface area contributed by atoms with E-state index >= 15 is 0 Å².